The normalized spacial score (nSPS) is 20.1. The standard InChI is InChI=1S/C12H18N4O2S2/c1-16-5-4-9(8-16)6-15-20(17,18)10-2-3-11(12(13)19)14-7-10/h2-3,7,9,15H,4-6,8H2,1H3,(H2,13,19). The van der Waals surface area contributed by atoms with Crippen LogP contribution in [-0.2, 0) is 10.0 Å². The number of aromatic nitrogens is 1. The average Bonchev–Trinajstić information content (AvgIpc) is 2.82. The zero-order valence-electron chi connectivity index (χ0n) is 11.2. The molecule has 0 aromatic carbocycles. The SMILES string of the molecule is CN1CCC(CNS(=O)(=O)c2ccc(C(N)=S)nc2)C1. The van der Waals surface area contributed by atoms with E-state index in [1.165, 1.54) is 18.3 Å². The van der Waals surface area contributed by atoms with Gasteiger partial charge < -0.3 is 10.6 Å². The molecule has 6 nitrogen and oxygen atoms in total. The van der Waals surface area contributed by atoms with Crippen molar-refractivity contribution in [1.29, 1.82) is 0 Å². The molecule has 1 aliphatic rings. The summed E-state index contributed by atoms with van der Waals surface area (Å²) < 4.78 is 26.9. The monoisotopic (exact) mass is 314 g/mol. The van der Waals surface area contributed by atoms with Crippen molar-refractivity contribution >= 4 is 27.2 Å². The molecule has 1 unspecified atom stereocenters. The van der Waals surface area contributed by atoms with Crippen LogP contribution in [0.4, 0.5) is 0 Å². The number of pyridine rings is 1. The first-order chi connectivity index (χ1) is 9.38. The van der Waals surface area contributed by atoms with Crippen LogP contribution in [0.1, 0.15) is 12.1 Å². The molecule has 1 fully saturated rings. The second-order valence-electron chi connectivity index (χ2n) is 5.01. The lowest BCUT2D eigenvalue weighted by Crippen LogP contribution is -2.30. The summed E-state index contributed by atoms with van der Waals surface area (Å²) in [5, 5.41) is 0. The van der Waals surface area contributed by atoms with E-state index >= 15 is 0 Å². The van der Waals surface area contributed by atoms with E-state index in [4.69, 9.17) is 18.0 Å². The number of rotatable bonds is 5. The second-order valence-corrected chi connectivity index (χ2v) is 7.22. The molecular formula is C12H18N4O2S2. The molecular weight excluding hydrogens is 296 g/mol. The highest BCUT2D eigenvalue weighted by Crippen LogP contribution is 2.14. The Morgan fingerprint density at radius 3 is 2.85 bits per heavy atom. The van der Waals surface area contributed by atoms with Crippen molar-refractivity contribution in [3.05, 3.63) is 24.0 Å². The molecule has 0 radical (unpaired) electrons. The van der Waals surface area contributed by atoms with Gasteiger partial charge in [0.15, 0.2) is 0 Å². The van der Waals surface area contributed by atoms with Crippen LogP contribution in [0.3, 0.4) is 0 Å². The molecule has 1 aliphatic heterocycles. The van der Waals surface area contributed by atoms with Crippen molar-refractivity contribution in [2.24, 2.45) is 11.7 Å². The fraction of sp³-hybridized carbons (Fsp3) is 0.500. The second kappa shape index (κ2) is 6.13. The van der Waals surface area contributed by atoms with Crippen LogP contribution in [0.2, 0.25) is 0 Å². The molecule has 1 aromatic rings. The molecule has 110 valence electrons. The van der Waals surface area contributed by atoms with E-state index in [1.54, 1.807) is 0 Å². The quantitative estimate of drug-likeness (QED) is 0.741. The molecule has 1 atom stereocenters. The number of nitrogens with two attached hydrogens (primary N) is 1. The smallest absolute Gasteiger partial charge is 0.242 e. The summed E-state index contributed by atoms with van der Waals surface area (Å²) in [5.74, 6) is 0.360. The molecule has 1 aromatic heterocycles. The predicted molar refractivity (Wildman–Crippen MR) is 80.9 cm³/mol. The third-order valence-electron chi connectivity index (χ3n) is 3.35. The molecule has 1 saturated heterocycles. The molecule has 2 heterocycles. The molecule has 20 heavy (non-hydrogen) atoms. The highest BCUT2D eigenvalue weighted by Gasteiger charge is 2.22. The van der Waals surface area contributed by atoms with E-state index in [9.17, 15) is 8.42 Å². The largest absolute Gasteiger partial charge is 0.388 e. The zero-order valence-corrected chi connectivity index (χ0v) is 12.9. The molecule has 8 heteroatoms. The van der Waals surface area contributed by atoms with Gasteiger partial charge >= 0.3 is 0 Å². The summed E-state index contributed by atoms with van der Waals surface area (Å²) in [5.41, 5.74) is 5.84. The van der Waals surface area contributed by atoms with Gasteiger partial charge in [-0.3, -0.25) is 4.98 Å². The van der Waals surface area contributed by atoms with E-state index in [1.807, 2.05) is 7.05 Å². The fourth-order valence-electron chi connectivity index (χ4n) is 2.19. The van der Waals surface area contributed by atoms with Crippen LogP contribution in [0, 0.1) is 5.92 Å². The minimum Gasteiger partial charge on any atom is -0.388 e. The van der Waals surface area contributed by atoms with E-state index in [2.05, 4.69) is 14.6 Å². The van der Waals surface area contributed by atoms with Gasteiger partial charge in [0.1, 0.15) is 9.88 Å². The summed E-state index contributed by atoms with van der Waals surface area (Å²) >= 11 is 4.78. The van der Waals surface area contributed by atoms with Crippen LogP contribution < -0.4 is 10.5 Å². The first kappa shape index (κ1) is 15.3. The Kier molecular flexibility index (Phi) is 4.69. The van der Waals surface area contributed by atoms with Crippen molar-refractivity contribution in [2.75, 3.05) is 26.7 Å². The number of hydrogen-bond acceptors (Lipinski definition) is 5. The number of likely N-dealkylation sites (tertiary alicyclic amines) is 1. The first-order valence-electron chi connectivity index (χ1n) is 6.32. The van der Waals surface area contributed by atoms with Crippen molar-refractivity contribution in [1.82, 2.24) is 14.6 Å². The topological polar surface area (TPSA) is 88.3 Å². The van der Waals surface area contributed by atoms with Gasteiger partial charge in [-0.1, -0.05) is 12.2 Å². The third-order valence-corrected chi connectivity index (χ3v) is 4.97. The Morgan fingerprint density at radius 2 is 2.35 bits per heavy atom. The summed E-state index contributed by atoms with van der Waals surface area (Å²) in [7, 11) is -1.49. The minimum atomic E-state index is -3.52. The Balaban J connectivity index is 2.00. The van der Waals surface area contributed by atoms with Gasteiger partial charge in [0.2, 0.25) is 10.0 Å². The molecule has 0 spiro atoms. The highest BCUT2D eigenvalue weighted by atomic mass is 32.2. The zero-order chi connectivity index (χ0) is 14.8. The van der Waals surface area contributed by atoms with Crippen LogP contribution in [0.15, 0.2) is 23.2 Å². The van der Waals surface area contributed by atoms with Gasteiger partial charge in [0, 0.05) is 19.3 Å². The Morgan fingerprint density at radius 1 is 1.60 bits per heavy atom. The molecule has 0 bridgehead atoms. The Bertz CT molecular complexity index is 586. The number of thiocarbonyl (C=S) groups is 1. The van der Waals surface area contributed by atoms with Crippen molar-refractivity contribution in [3.63, 3.8) is 0 Å². The van der Waals surface area contributed by atoms with E-state index in [0.29, 0.717) is 18.2 Å². The van der Waals surface area contributed by atoms with Crippen molar-refractivity contribution in [3.8, 4) is 0 Å². The summed E-state index contributed by atoms with van der Waals surface area (Å²) in [6, 6.07) is 2.98. The van der Waals surface area contributed by atoms with Gasteiger partial charge in [-0.2, -0.15) is 0 Å². The maximum absolute atomic E-state index is 12.1. The van der Waals surface area contributed by atoms with E-state index in [0.717, 1.165) is 19.5 Å². The molecule has 0 saturated carbocycles. The lowest BCUT2D eigenvalue weighted by Gasteiger charge is -2.12. The predicted octanol–water partition coefficient (Wildman–Crippen LogP) is -0.0542. The third kappa shape index (κ3) is 3.72. The summed E-state index contributed by atoms with van der Waals surface area (Å²) in [6.07, 6.45) is 2.29. The first-order valence-corrected chi connectivity index (χ1v) is 8.21. The molecule has 3 N–H and O–H groups in total. The Labute approximate surface area is 124 Å². The number of nitrogens with one attached hydrogen (secondary N) is 1. The van der Waals surface area contributed by atoms with Crippen LogP contribution in [0.5, 0.6) is 0 Å². The van der Waals surface area contributed by atoms with E-state index in [-0.39, 0.29) is 9.88 Å². The summed E-state index contributed by atoms with van der Waals surface area (Å²) in [4.78, 5) is 6.41. The van der Waals surface area contributed by atoms with Gasteiger partial charge in [-0.25, -0.2) is 13.1 Å². The minimum absolute atomic E-state index is 0.129. The van der Waals surface area contributed by atoms with Crippen molar-refractivity contribution in [2.45, 2.75) is 11.3 Å². The lowest BCUT2D eigenvalue weighted by molar-refractivity contribution is 0.394. The molecule has 0 amide bonds. The number of sulfonamides is 1. The summed E-state index contributed by atoms with van der Waals surface area (Å²) in [6.45, 7) is 2.38. The lowest BCUT2D eigenvalue weighted by atomic mass is 10.1. The number of hydrogen-bond donors (Lipinski definition) is 2. The molecule has 0 aliphatic carbocycles. The molecule has 2 rings (SSSR count). The van der Waals surface area contributed by atoms with Crippen LogP contribution >= 0.6 is 12.2 Å². The van der Waals surface area contributed by atoms with Gasteiger partial charge in [-0.05, 0) is 38.1 Å². The van der Waals surface area contributed by atoms with Crippen molar-refractivity contribution < 1.29 is 8.42 Å². The van der Waals surface area contributed by atoms with Gasteiger partial charge in [-0.15, -0.1) is 0 Å². The maximum Gasteiger partial charge on any atom is 0.242 e. The van der Waals surface area contributed by atoms with E-state index < -0.39 is 10.0 Å². The van der Waals surface area contributed by atoms with Crippen LogP contribution in [-0.4, -0.2) is 50.0 Å². The Hall–Kier alpha value is -1.09. The highest BCUT2D eigenvalue weighted by molar-refractivity contribution is 7.89. The fourth-order valence-corrected chi connectivity index (χ4v) is 3.37. The van der Waals surface area contributed by atoms with Gasteiger partial charge in [0.25, 0.3) is 0 Å². The average molecular weight is 314 g/mol. The maximum atomic E-state index is 12.1. The number of nitrogens with zero attached hydrogens (tertiary/aromatic N) is 2. The van der Waals surface area contributed by atoms with Gasteiger partial charge in [0.05, 0.1) is 5.69 Å². The van der Waals surface area contributed by atoms with Crippen LogP contribution in [0.25, 0.3) is 0 Å².